The molecule has 0 saturated carbocycles. The predicted octanol–water partition coefficient (Wildman–Crippen LogP) is 4.61. The Balaban J connectivity index is 1.40. The first-order chi connectivity index (χ1) is 14.1. The molecule has 0 N–H and O–H groups in total. The molecule has 0 radical (unpaired) electrons. The van der Waals surface area contributed by atoms with Crippen LogP contribution in [-0.4, -0.2) is 41.6 Å². The molecule has 7 heteroatoms. The molecule has 1 saturated heterocycles. The monoisotopic (exact) mass is 416 g/mol. The molecule has 6 nitrogen and oxygen atoms in total. The SMILES string of the molecule is CCOC(=O)c1sc(CCC2CCN(C(=O)OCc3ccccc3)CC2)nc1C. The first kappa shape index (κ1) is 21.3. The van der Waals surface area contributed by atoms with E-state index in [0.29, 0.717) is 24.0 Å². The van der Waals surface area contributed by atoms with Gasteiger partial charge in [-0.1, -0.05) is 30.3 Å². The highest BCUT2D eigenvalue weighted by molar-refractivity contribution is 7.13. The van der Waals surface area contributed by atoms with Gasteiger partial charge >= 0.3 is 12.1 Å². The van der Waals surface area contributed by atoms with Crippen LogP contribution in [0.25, 0.3) is 0 Å². The largest absolute Gasteiger partial charge is 0.462 e. The van der Waals surface area contributed by atoms with Crippen molar-refractivity contribution >= 4 is 23.4 Å². The van der Waals surface area contributed by atoms with Gasteiger partial charge in [-0.05, 0) is 51.0 Å². The molecule has 1 aliphatic heterocycles. The second kappa shape index (κ2) is 10.4. The molecular formula is C22H28N2O4S. The molecule has 2 heterocycles. The zero-order chi connectivity index (χ0) is 20.6. The van der Waals surface area contributed by atoms with Crippen molar-refractivity contribution in [2.24, 2.45) is 5.92 Å². The third-order valence-electron chi connectivity index (χ3n) is 5.15. The number of aromatic nitrogens is 1. The smallest absolute Gasteiger partial charge is 0.410 e. The highest BCUT2D eigenvalue weighted by Gasteiger charge is 2.24. The van der Waals surface area contributed by atoms with Gasteiger partial charge in [0.1, 0.15) is 11.5 Å². The van der Waals surface area contributed by atoms with Gasteiger partial charge in [-0.25, -0.2) is 14.6 Å². The summed E-state index contributed by atoms with van der Waals surface area (Å²) in [5, 5.41) is 0.982. The molecule has 0 spiro atoms. The molecule has 1 aromatic heterocycles. The van der Waals surface area contributed by atoms with Gasteiger partial charge < -0.3 is 14.4 Å². The van der Waals surface area contributed by atoms with Gasteiger partial charge in [-0.15, -0.1) is 11.3 Å². The normalized spacial score (nSPS) is 14.6. The van der Waals surface area contributed by atoms with Crippen LogP contribution in [0.15, 0.2) is 30.3 Å². The quantitative estimate of drug-likeness (QED) is 0.617. The van der Waals surface area contributed by atoms with E-state index >= 15 is 0 Å². The van der Waals surface area contributed by atoms with Crippen molar-refractivity contribution < 1.29 is 19.1 Å². The third kappa shape index (κ3) is 6.03. The number of thiazole rings is 1. The molecule has 1 aliphatic rings. The Hall–Kier alpha value is -2.41. The van der Waals surface area contributed by atoms with Crippen molar-refractivity contribution in [1.82, 2.24) is 9.88 Å². The molecular weight excluding hydrogens is 388 g/mol. The Labute approximate surface area is 175 Å². The molecule has 0 atom stereocenters. The second-order valence-corrected chi connectivity index (χ2v) is 8.34. The lowest BCUT2D eigenvalue weighted by atomic mass is 9.92. The number of hydrogen-bond acceptors (Lipinski definition) is 6. The fourth-order valence-corrected chi connectivity index (χ4v) is 4.46. The van der Waals surface area contributed by atoms with Crippen LogP contribution in [0.4, 0.5) is 4.79 Å². The molecule has 156 valence electrons. The number of rotatable bonds is 7. The third-order valence-corrected chi connectivity index (χ3v) is 6.34. The average Bonchev–Trinajstić information content (AvgIpc) is 3.12. The van der Waals surface area contributed by atoms with Gasteiger partial charge in [0.2, 0.25) is 0 Å². The van der Waals surface area contributed by atoms with E-state index in [1.165, 1.54) is 11.3 Å². The maximum absolute atomic E-state index is 12.3. The van der Waals surface area contributed by atoms with Crippen molar-refractivity contribution in [1.29, 1.82) is 0 Å². The van der Waals surface area contributed by atoms with Crippen LogP contribution in [-0.2, 0) is 22.5 Å². The Morgan fingerprint density at radius 3 is 2.59 bits per heavy atom. The molecule has 0 aliphatic carbocycles. The summed E-state index contributed by atoms with van der Waals surface area (Å²) in [4.78, 5) is 31.1. The second-order valence-electron chi connectivity index (χ2n) is 7.25. The van der Waals surface area contributed by atoms with Crippen molar-refractivity contribution in [3.8, 4) is 0 Å². The first-order valence-corrected chi connectivity index (χ1v) is 11.0. The van der Waals surface area contributed by atoms with E-state index in [4.69, 9.17) is 9.47 Å². The Morgan fingerprint density at radius 1 is 1.17 bits per heavy atom. The molecule has 1 aromatic carbocycles. The minimum absolute atomic E-state index is 0.234. The van der Waals surface area contributed by atoms with Crippen LogP contribution in [0.1, 0.15) is 52.1 Å². The average molecular weight is 417 g/mol. The lowest BCUT2D eigenvalue weighted by molar-refractivity contribution is 0.0531. The molecule has 29 heavy (non-hydrogen) atoms. The van der Waals surface area contributed by atoms with Crippen LogP contribution in [0.2, 0.25) is 0 Å². The van der Waals surface area contributed by atoms with E-state index < -0.39 is 0 Å². The molecule has 1 fully saturated rings. The van der Waals surface area contributed by atoms with E-state index in [0.717, 1.165) is 55.0 Å². The first-order valence-electron chi connectivity index (χ1n) is 10.2. The Bertz CT molecular complexity index is 813. The number of likely N-dealkylation sites (tertiary alicyclic amines) is 1. The van der Waals surface area contributed by atoms with E-state index in [1.807, 2.05) is 37.3 Å². The standard InChI is InChI=1S/C22H28N2O4S/c1-3-27-21(25)20-16(2)23-19(29-20)10-9-17-11-13-24(14-12-17)22(26)28-15-18-7-5-4-6-8-18/h4-8,17H,3,9-15H2,1-2H3. The summed E-state index contributed by atoms with van der Waals surface area (Å²) in [6.07, 6.45) is 3.57. The van der Waals surface area contributed by atoms with Gasteiger partial charge in [0.15, 0.2) is 0 Å². The number of nitrogens with zero attached hydrogens (tertiary/aromatic N) is 2. The van der Waals surface area contributed by atoms with Crippen molar-refractivity contribution in [2.45, 2.75) is 46.1 Å². The Kier molecular flexibility index (Phi) is 7.63. The molecule has 2 aromatic rings. The highest BCUT2D eigenvalue weighted by atomic mass is 32.1. The highest BCUT2D eigenvalue weighted by Crippen LogP contribution is 2.26. The summed E-state index contributed by atoms with van der Waals surface area (Å²) in [7, 11) is 0. The molecule has 0 unspecified atom stereocenters. The van der Waals surface area contributed by atoms with Crippen LogP contribution in [0, 0.1) is 12.8 Å². The topological polar surface area (TPSA) is 68.7 Å². The minimum Gasteiger partial charge on any atom is -0.462 e. The number of aryl methyl sites for hydroxylation is 2. The minimum atomic E-state index is -0.281. The molecule has 3 rings (SSSR count). The van der Waals surface area contributed by atoms with Crippen LogP contribution in [0.5, 0.6) is 0 Å². The number of benzene rings is 1. The summed E-state index contributed by atoms with van der Waals surface area (Å²) >= 11 is 1.44. The summed E-state index contributed by atoms with van der Waals surface area (Å²) in [6, 6.07) is 9.73. The summed E-state index contributed by atoms with van der Waals surface area (Å²) in [5.74, 6) is 0.277. The van der Waals surface area contributed by atoms with Crippen molar-refractivity contribution in [3.63, 3.8) is 0 Å². The van der Waals surface area contributed by atoms with Gasteiger partial charge in [0.05, 0.1) is 17.3 Å². The number of hydrogen-bond donors (Lipinski definition) is 0. The summed E-state index contributed by atoms with van der Waals surface area (Å²) in [6.45, 7) is 5.79. The molecule has 1 amide bonds. The number of amides is 1. The van der Waals surface area contributed by atoms with E-state index in [2.05, 4.69) is 4.98 Å². The number of ether oxygens (including phenoxy) is 2. The fraction of sp³-hybridized carbons (Fsp3) is 0.500. The lowest BCUT2D eigenvalue weighted by Crippen LogP contribution is -2.38. The summed E-state index contributed by atoms with van der Waals surface area (Å²) in [5.41, 5.74) is 1.75. The van der Waals surface area contributed by atoms with E-state index in [9.17, 15) is 9.59 Å². The van der Waals surface area contributed by atoms with Gasteiger partial charge in [-0.2, -0.15) is 0 Å². The van der Waals surface area contributed by atoms with Crippen LogP contribution < -0.4 is 0 Å². The van der Waals surface area contributed by atoms with Crippen LogP contribution in [0.3, 0.4) is 0 Å². The fourth-order valence-electron chi connectivity index (χ4n) is 3.49. The van der Waals surface area contributed by atoms with E-state index in [1.54, 1.807) is 11.8 Å². The lowest BCUT2D eigenvalue weighted by Gasteiger charge is -2.31. The van der Waals surface area contributed by atoms with E-state index in [-0.39, 0.29) is 12.1 Å². The van der Waals surface area contributed by atoms with Crippen molar-refractivity contribution in [3.05, 3.63) is 51.5 Å². The molecule has 0 bridgehead atoms. The van der Waals surface area contributed by atoms with Gasteiger partial charge in [-0.3, -0.25) is 0 Å². The predicted molar refractivity (Wildman–Crippen MR) is 112 cm³/mol. The van der Waals surface area contributed by atoms with Crippen molar-refractivity contribution in [2.75, 3.05) is 19.7 Å². The van der Waals surface area contributed by atoms with Gasteiger partial charge in [0.25, 0.3) is 0 Å². The van der Waals surface area contributed by atoms with Crippen LogP contribution >= 0.6 is 11.3 Å². The maximum Gasteiger partial charge on any atom is 0.410 e. The number of esters is 1. The zero-order valence-electron chi connectivity index (χ0n) is 17.1. The number of carbonyl (C=O) groups is 2. The van der Waals surface area contributed by atoms with Gasteiger partial charge in [0, 0.05) is 13.1 Å². The number of piperidine rings is 1. The number of carbonyl (C=O) groups excluding carboxylic acids is 2. The zero-order valence-corrected chi connectivity index (χ0v) is 17.9. The Morgan fingerprint density at radius 2 is 1.90 bits per heavy atom. The maximum atomic E-state index is 12.3. The summed E-state index contributed by atoms with van der Waals surface area (Å²) < 4.78 is 10.5.